The number of Topliss-reactive ketones (excluding diaryl/α,β-unsaturated/α-hetero) is 1. The van der Waals surface area contributed by atoms with E-state index in [-0.39, 0.29) is 12.1 Å². The predicted molar refractivity (Wildman–Crippen MR) is 154 cm³/mol. The molecule has 3 aromatic carbocycles. The van der Waals surface area contributed by atoms with Crippen LogP contribution in [-0.2, 0) is 22.7 Å². The molecule has 1 amide bonds. The third-order valence-corrected chi connectivity index (χ3v) is 7.15. The highest BCUT2D eigenvalue weighted by Crippen LogP contribution is 2.42. The van der Waals surface area contributed by atoms with E-state index in [4.69, 9.17) is 14.2 Å². The van der Waals surface area contributed by atoms with Crippen LogP contribution in [0, 0.1) is 6.92 Å². The van der Waals surface area contributed by atoms with Gasteiger partial charge in [0.25, 0.3) is 5.91 Å². The number of pyridine rings is 1. The summed E-state index contributed by atoms with van der Waals surface area (Å²) in [7, 11) is 1.52. The maximum absolute atomic E-state index is 14.1. The lowest BCUT2D eigenvalue weighted by atomic mass is 9.93. The van der Waals surface area contributed by atoms with Crippen LogP contribution in [0.4, 0.5) is 0 Å². The largest absolute Gasteiger partial charge is 0.872 e. The zero-order valence-corrected chi connectivity index (χ0v) is 23.8. The molecule has 1 unspecified atom stereocenters. The number of nitrogens with one attached hydrogen (secondary N) is 1. The van der Waals surface area contributed by atoms with Gasteiger partial charge in [-0.05, 0) is 66.4 Å². The molecule has 214 valence electrons. The number of aromatic amines is 1. The number of hydrogen-bond donors (Lipinski definition) is 0. The maximum Gasteiger partial charge on any atom is 0.295 e. The zero-order chi connectivity index (χ0) is 29.6. The summed E-state index contributed by atoms with van der Waals surface area (Å²) in [5, 5.41) is 14.1. The standard InChI is InChI=1S/C34H32N2O6/c1-4-41-28-15-12-25(18-29(28)40-3)31-30(33(38)34(39)36(31)20-24-11-8-16-35-19-24)32(37)27-14-13-26(17-22(27)2)42-21-23-9-6-5-7-10-23/h5-19,31,37H,4,20-21H2,1-3H3. The number of hydrogen-bond acceptors (Lipinski definition) is 6. The van der Waals surface area contributed by atoms with Crippen LogP contribution in [0.15, 0.2) is 96.8 Å². The van der Waals surface area contributed by atoms with Crippen molar-refractivity contribution in [3.05, 3.63) is 125 Å². The molecular formula is C34H32N2O6. The monoisotopic (exact) mass is 564 g/mol. The van der Waals surface area contributed by atoms with Gasteiger partial charge >= 0.3 is 0 Å². The van der Waals surface area contributed by atoms with Crippen LogP contribution in [0.25, 0.3) is 5.76 Å². The van der Waals surface area contributed by atoms with Crippen molar-refractivity contribution in [3.63, 3.8) is 0 Å². The number of ketones is 1. The lowest BCUT2D eigenvalue weighted by Gasteiger charge is -2.28. The van der Waals surface area contributed by atoms with Crippen molar-refractivity contribution in [3.8, 4) is 17.2 Å². The van der Waals surface area contributed by atoms with E-state index < -0.39 is 23.5 Å². The number of ether oxygens (including phenoxy) is 3. The fourth-order valence-corrected chi connectivity index (χ4v) is 5.10. The molecule has 0 bridgehead atoms. The van der Waals surface area contributed by atoms with Gasteiger partial charge in [0, 0.05) is 17.2 Å². The zero-order valence-electron chi connectivity index (χ0n) is 23.8. The van der Waals surface area contributed by atoms with Crippen molar-refractivity contribution in [1.82, 2.24) is 4.90 Å². The molecule has 8 nitrogen and oxygen atoms in total. The van der Waals surface area contributed by atoms with Crippen molar-refractivity contribution in [2.75, 3.05) is 13.7 Å². The molecule has 1 aromatic heterocycles. The number of aromatic nitrogens is 1. The number of nitrogens with zero attached hydrogens (tertiary/aromatic N) is 1. The smallest absolute Gasteiger partial charge is 0.295 e. The number of likely N-dealkylation sites (tertiary alicyclic amines) is 1. The molecule has 1 atom stereocenters. The van der Waals surface area contributed by atoms with Gasteiger partial charge in [-0.1, -0.05) is 48.2 Å². The number of aryl methyl sites for hydroxylation is 1. The Kier molecular flexibility index (Phi) is 8.52. The Morgan fingerprint density at radius 2 is 1.71 bits per heavy atom. The predicted octanol–water partition coefficient (Wildman–Crippen LogP) is 4.22. The molecule has 2 heterocycles. The molecule has 42 heavy (non-hydrogen) atoms. The van der Waals surface area contributed by atoms with Crippen molar-refractivity contribution in [2.45, 2.75) is 33.0 Å². The summed E-state index contributed by atoms with van der Waals surface area (Å²) >= 11 is 0. The summed E-state index contributed by atoms with van der Waals surface area (Å²) < 4.78 is 17.1. The SMILES string of the molecule is CCOc1ccc(C2C(=C([O-])c3ccc(OCc4ccccc4)cc3C)C(=O)C(=O)N2Cc2ccc[nH+]c2)cc1OC. The van der Waals surface area contributed by atoms with E-state index in [0.717, 1.165) is 11.1 Å². The lowest BCUT2D eigenvalue weighted by molar-refractivity contribution is -0.378. The Hall–Kier alpha value is -5.11. The van der Waals surface area contributed by atoms with Gasteiger partial charge in [-0.3, -0.25) is 9.59 Å². The first-order chi connectivity index (χ1) is 20.4. The quantitative estimate of drug-likeness (QED) is 0.162. The highest BCUT2D eigenvalue weighted by molar-refractivity contribution is 6.46. The molecule has 0 radical (unpaired) electrons. The van der Waals surface area contributed by atoms with Gasteiger partial charge in [0.1, 0.15) is 12.4 Å². The molecule has 1 aliphatic rings. The molecular weight excluding hydrogens is 532 g/mol. The summed E-state index contributed by atoms with van der Waals surface area (Å²) in [6, 6.07) is 22.8. The fraction of sp³-hybridized carbons (Fsp3) is 0.206. The Balaban J connectivity index is 1.56. The second-order valence-corrected chi connectivity index (χ2v) is 9.91. The van der Waals surface area contributed by atoms with Crippen molar-refractivity contribution in [2.24, 2.45) is 0 Å². The third kappa shape index (κ3) is 5.83. The van der Waals surface area contributed by atoms with Crippen molar-refractivity contribution in [1.29, 1.82) is 0 Å². The van der Waals surface area contributed by atoms with E-state index in [0.29, 0.717) is 47.2 Å². The molecule has 1 N–H and O–H groups in total. The molecule has 8 heteroatoms. The number of carbonyl (C=O) groups excluding carboxylic acids is 2. The van der Waals surface area contributed by atoms with Crippen LogP contribution < -0.4 is 24.3 Å². The summed E-state index contributed by atoms with van der Waals surface area (Å²) in [5.74, 6) is -0.487. The lowest BCUT2D eigenvalue weighted by Crippen LogP contribution is -2.29. The minimum atomic E-state index is -0.921. The molecule has 1 saturated heterocycles. The van der Waals surface area contributed by atoms with E-state index in [1.165, 1.54) is 12.0 Å². The van der Waals surface area contributed by atoms with Crippen LogP contribution in [0.2, 0.25) is 0 Å². The van der Waals surface area contributed by atoms with Crippen molar-refractivity contribution >= 4 is 17.4 Å². The fourth-order valence-electron chi connectivity index (χ4n) is 5.10. The van der Waals surface area contributed by atoms with Crippen LogP contribution in [0.1, 0.15) is 40.8 Å². The summed E-state index contributed by atoms with van der Waals surface area (Å²) in [4.78, 5) is 31.4. The first-order valence-corrected chi connectivity index (χ1v) is 13.7. The average molecular weight is 565 g/mol. The number of carbonyl (C=O) groups is 2. The van der Waals surface area contributed by atoms with Crippen LogP contribution in [0.3, 0.4) is 0 Å². The number of H-pyrrole nitrogens is 1. The second-order valence-electron chi connectivity index (χ2n) is 9.91. The van der Waals surface area contributed by atoms with Crippen LogP contribution in [-0.4, -0.2) is 30.3 Å². The first-order valence-electron chi connectivity index (χ1n) is 13.7. The maximum atomic E-state index is 14.1. The Morgan fingerprint density at radius 1 is 0.929 bits per heavy atom. The topological polar surface area (TPSA) is 102 Å². The Morgan fingerprint density at radius 3 is 2.40 bits per heavy atom. The minimum absolute atomic E-state index is 0.104. The Labute approximate surface area is 244 Å². The highest BCUT2D eigenvalue weighted by atomic mass is 16.5. The second kappa shape index (κ2) is 12.6. The van der Waals surface area contributed by atoms with E-state index in [1.54, 1.807) is 55.7 Å². The molecule has 5 rings (SSSR count). The number of amides is 1. The molecule has 1 fully saturated rings. The number of rotatable bonds is 10. The van der Waals surface area contributed by atoms with Crippen LogP contribution >= 0.6 is 0 Å². The van der Waals surface area contributed by atoms with E-state index in [9.17, 15) is 14.7 Å². The number of methoxy groups -OCH3 is 1. The van der Waals surface area contributed by atoms with Gasteiger partial charge in [0.2, 0.25) is 5.78 Å². The van der Waals surface area contributed by atoms with Gasteiger partial charge in [0.05, 0.1) is 26.3 Å². The molecule has 0 spiro atoms. The minimum Gasteiger partial charge on any atom is -0.872 e. The highest BCUT2D eigenvalue weighted by Gasteiger charge is 2.44. The van der Waals surface area contributed by atoms with Crippen LogP contribution in [0.5, 0.6) is 17.2 Å². The first kappa shape index (κ1) is 28.4. The van der Waals surface area contributed by atoms with Crippen molar-refractivity contribution < 1.29 is 33.9 Å². The molecule has 0 saturated carbocycles. The van der Waals surface area contributed by atoms with Gasteiger partial charge in [-0.25, -0.2) is 4.98 Å². The van der Waals surface area contributed by atoms with E-state index >= 15 is 0 Å². The van der Waals surface area contributed by atoms with Gasteiger partial charge in [-0.15, -0.1) is 0 Å². The Bertz CT molecular complexity index is 1620. The van der Waals surface area contributed by atoms with E-state index in [1.807, 2.05) is 49.4 Å². The molecule has 4 aromatic rings. The summed E-state index contributed by atoms with van der Waals surface area (Å²) in [5.41, 5.74) is 3.23. The molecule has 1 aliphatic heterocycles. The normalized spacial score (nSPS) is 16.0. The van der Waals surface area contributed by atoms with Gasteiger partial charge in [0.15, 0.2) is 23.9 Å². The third-order valence-electron chi connectivity index (χ3n) is 7.15. The van der Waals surface area contributed by atoms with E-state index in [2.05, 4.69) is 4.98 Å². The molecule has 0 aliphatic carbocycles. The van der Waals surface area contributed by atoms with Gasteiger partial charge < -0.3 is 24.2 Å². The number of benzene rings is 3. The average Bonchev–Trinajstić information content (AvgIpc) is 3.26. The van der Waals surface area contributed by atoms with Gasteiger partial charge in [-0.2, -0.15) is 0 Å². The summed E-state index contributed by atoms with van der Waals surface area (Å²) in [6.45, 7) is 4.60. The summed E-state index contributed by atoms with van der Waals surface area (Å²) in [6.07, 6.45) is 3.51.